The summed E-state index contributed by atoms with van der Waals surface area (Å²) in [7, 11) is 1.25. The van der Waals surface area contributed by atoms with Gasteiger partial charge in [-0.1, -0.05) is 11.6 Å². The predicted octanol–water partition coefficient (Wildman–Crippen LogP) is 2.65. The molecule has 1 atom stereocenters. The van der Waals surface area contributed by atoms with Crippen LogP contribution in [0.3, 0.4) is 0 Å². The van der Waals surface area contributed by atoms with E-state index in [1.54, 1.807) is 6.92 Å². The van der Waals surface area contributed by atoms with Gasteiger partial charge in [0.1, 0.15) is 0 Å². The van der Waals surface area contributed by atoms with Crippen LogP contribution in [-0.4, -0.2) is 7.11 Å². The molecule has 0 aliphatic rings. The Hall–Kier alpha value is -0.870. The van der Waals surface area contributed by atoms with Crippen molar-refractivity contribution in [2.45, 2.75) is 13.0 Å². The lowest BCUT2D eigenvalue weighted by Crippen LogP contribution is -2.09. The van der Waals surface area contributed by atoms with Gasteiger partial charge in [0, 0.05) is 11.6 Å². The third-order valence-corrected chi connectivity index (χ3v) is 2.12. The Morgan fingerprint density at radius 1 is 1.43 bits per heavy atom. The molecule has 0 bridgehead atoms. The van der Waals surface area contributed by atoms with E-state index in [1.807, 2.05) is 0 Å². The molecule has 0 amide bonds. The first-order valence-electron chi connectivity index (χ1n) is 3.96. The van der Waals surface area contributed by atoms with Crippen LogP contribution in [0, 0.1) is 11.6 Å². The van der Waals surface area contributed by atoms with Crippen LogP contribution in [0.1, 0.15) is 18.5 Å². The molecule has 1 unspecified atom stereocenters. The molecule has 0 aliphatic heterocycles. The number of benzene rings is 1. The molecule has 1 aromatic rings. The molecule has 1 rings (SSSR count). The molecule has 5 heteroatoms. The molecule has 0 aliphatic carbocycles. The summed E-state index contributed by atoms with van der Waals surface area (Å²) in [6, 6.07) is 0.793. The Bertz CT molecular complexity index is 355. The first-order valence-corrected chi connectivity index (χ1v) is 4.33. The van der Waals surface area contributed by atoms with Crippen LogP contribution in [0.25, 0.3) is 0 Å². The molecular weight excluding hydrogens is 212 g/mol. The van der Waals surface area contributed by atoms with Crippen LogP contribution in [0.2, 0.25) is 5.02 Å². The molecule has 78 valence electrons. The Labute approximate surface area is 85.6 Å². The standard InChI is InChI=1S/C9H10ClF2NO/c1-4(13)5-3-6(10)7(11)8(12)9(5)14-2/h3-4H,13H2,1-2H3. The SMILES string of the molecule is COc1c(C(C)N)cc(Cl)c(F)c1F. The first kappa shape index (κ1) is 11.2. The van der Waals surface area contributed by atoms with E-state index in [2.05, 4.69) is 0 Å². The van der Waals surface area contributed by atoms with Gasteiger partial charge in [0.15, 0.2) is 11.6 Å². The number of hydrogen-bond acceptors (Lipinski definition) is 2. The average Bonchev–Trinajstić information content (AvgIpc) is 2.13. The van der Waals surface area contributed by atoms with E-state index in [4.69, 9.17) is 22.1 Å². The van der Waals surface area contributed by atoms with Gasteiger partial charge in [0.05, 0.1) is 12.1 Å². The second-order valence-corrected chi connectivity index (χ2v) is 3.30. The monoisotopic (exact) mass is 221 g/mol. The highest BCUT2D eigenvalue weighted by atomic mass is 35.5. The van der Waals surface area contributed by atoms with Gasteiger partial charge in [-0.2, -0.15) is 4.39 Å². The lowest BCUT2D eigenvalue weighted by Gasteiger charge is -2.13. The minimum absolute atomic E-state index is 0.193. The van der Waals surface area contributed by atoms with Gasteiger partial charge in [-0.3, -0.25) is 0 Å². The third-order valence-electron chi connectivity index (χ3n) is 1.84. The summed E-state index contributed by atoms with van der Waals surface area (Å²) in [5.74, 6) is -2.41. The van der Waals surface area contributed by atoms with Gasteiger partial charge < -0.3 is 10.5 Å². The minimum Gasteiger partial charge on any atom is -0.493 e. The molecule has 0 saturated carbocycles. The van der Waals surface area contributed by atoms with Gasteiger partial charge in [-0.15, -0.1) is 0 Å². The zero-order valence-corrected chi connectivity index (χ0v) is 8.53. The van der Waals surface area contributed by atoms with Crippen molar-refractivity contribution in [3.8, 4) is 5.75 Å². The zero-order valence-electron chi connectivity index (χ0n) is 7.77. The Balaban J connectivity index is 3.43. The van der Waals surface area contributed by atoms with Crippen molar-refractivity contribution in [3.63, 3.8) is 0 Å². The zero-order chi connectivity index (χ0) is 10.9. The van der Waals surface area contributed by atoms with Crippen LogP contribution >= 0.6 is 11.6 Å². The van der Waals surface area contributed by atoms with Gasteiger partial charge in [0.25, 0.3) is 0 Å². The molecule has 0 spiro atoms. The predicted molar refractivity (Wildman–Crippen MR) is 50.5 cm³/mol. The molecule has 14 heavy (non-hydrogen) atoms. The summed E-state index contributed by atoms with van der Waals surface area (Å²) in [5.41, 5.74) is 5.89. The van der Waals surface area contributed by atoms with Gasteiger partial charge in [-0.05, 0) is 13.0 Å². The van der Waals surface area contributed by atoms with Crippen molar-refractivity contribution >= 4 is 11.6 Å². The Morgan fingerprint density at radius 3 is 2.43 bits per heavy atom. The normalized spacial score (nSPS) is 12.7. The fraction of sp³-hybridized carbons (Fsp3) is 0.333. The largest absolute Gasteiger partial charge is 0.493 e. The lowest BCUT2D eigenvalue weighted by atomic mass is 10.1. The first-order chi connectivity index (χ1) is 6.49. The summed E-state index contributed by atoms with van der Waals surface area (Å²) in [6.07, 6.45) is 0. The van der Waals surface area contributed by atoms with Gasteiger partial charge in [-0.25, -0.2) is 4.39 Å². The highest BCUT2D eigenvalue weighted by Gasteiger charge is 2.19. The molecule has 0 aromatic heterocycles. The molecule has 2 N–H and O–H groups in total. The smallest absolute Gasteiger partial charge is 0.202 e. The third kappa shape index (κ3) is 1.81. The number of halogens is 3. The van der Waals surface area contributed by atoms with Gasteiger partial charge in [0.2, 0.25) is 5.82 Å². The van der Waals surface area contributed by atoms with Crippen molar-refractivity contribution in [2.24, 2.45) is 5.73 Å². The van der Waals surface area contributed by atoms with E-state index in [9.17, 15) is 8.78 Å². The van der Waals surface area contributed by atoms with Crippen LogP contribution in [0.4, 0.5) is 8.78 Å². The summed E-state index contributed by atoms with van der Waals surface area (Å²) in [5, 5.41) is -0.296. The van der Waals surface area contributed by atoms with E-state index < -0.39 is 17.7 Å². The second-order valence-electron chi connectivity index (χ2n) is 2.90. The number of ether oxygens (including phenoxy) is 1. The molecule has 0 heterocycles. The van der Waals surface area contributed by atoms with Crippen molar-refractivity contribution in [2.75, 3.05) is 7.11 Å². The topological polar surface area (TPSA) is 35.2 Å². The maximum absolute atomic E-state index is 13.2. The van der Waals surface area contributed by atoms with Crippen molar-refractivity contribution < 1.29 is 13.5 Å². The average molecular weight is 222 g/mol. The van der Waals surface area contributed by atoms with E-state index in [0.29, 0.717) is 5.56 Å². The van der Waals surface area contributed by atoms with Crippen LogP contribution < -0.4 is 10.5 Å². The van der Waals surface area contributed by atoms with Crippen LogP contribution in [0.5, 0.6) is 5.75 Å². The minimum atomic E-state index is -1.12. The quantitative estimate of drug-likeness (QED) is 0.780. The molecular formula is C9H10ClF2NO. The number of methoxy groups -OCH3 is 1. The number of rotatable bonds is 2. The maximum atomic E-state index is 13.2. The highest BCUT2D eigenvalue weighted by molar-refractivity contribution is 6.30. The fourth-order valence-electron chi connectivity index (χ4n) is 1.14. The summed E-state index contributed by atoms with van der Waals surface area (Å²) >= 11 is 5.47. The highest BCUT2D eigenvalue weighted by Crippen LogP contribution is 2.33. The summed E-state index contributed by atoms with van der Waals surface area (Å²) < 4.78 is 31.0. The van der Waals surface area contributed by atoms with Crippen molar-refractivity contribution in [1.82, 2.24) is 0 Å². The number of hydrogen-bond donors (Lipinski definition) is 1. The Morgan fingerprint density at radius 2 is 2.00 bits per heavy atom. The maximum Gasteiger partial charge on any atom is 0.202 e. The molecule has 1 aromatic carbocycles. The van der Waals surface area contributed by atoms with E-state index in [-0.39, 0.29) is 10.8 Å². The van der Waals surface area contributed by atoms with E-state index in [0.717, 1.165) is 0 Å². The Kier molecular flexibility index (Phi) is 3.29. The summed E-state index contributed by atoms with van der Waals surface area (Å²) in [6.45, 7) is 1.63. The van der Waals surface area contributed by atoms with E-state index >= 15 is 0 Å². The fourth-order valence-corrected chi connectivity index (χ4v) is 1.34. The van der Waals surface area contributed by atoms with Crippen LogP contribution in [-0.2, 0) is 0 Å². The van der Waals surface area contributed by atoms with Crippen molar-refractivity contribution in [1.29, 1.82) is 0 Å². The van der Waals surface area contributed by atoms with Gasteiger partial charge >= 0.3 is 0 Å². The second kappa shape index (κ2) is 4.11. The summed E-state index contributed by atoms with van der Waals surface area (Å²) in [4.78, 5) is 0. The molecule has 0 saturated heterocycles. The van der Waals surface area contributed by atoms with Crippen molar-refractivity contribution in [3.05, 3.63) is 28.3 Å². The molecule has 2 nitrogen and oxygen atoms in total. The lowest BCUT2D eigenvalue weighted by molar-refractivity contribution is 0.364. The number of nitrogens with two attached hydrogens (primary N) is 1. The van der Waals surface area contributed by atoms with Crippen LogP contribution in [0.15, 0.2) is 6.07 Å². The molecule has 0 fully saturated rings. The molecule has 0 radical (unpaired) electrons. The van der Waals surface area contributed by atoms with E-state index in [1.165, 1.54) is 13.2 Å².